The summed E-state index contributed by atoms with van der Waals surface area (Å²) in [4.78, 5) is 28.7. The van der Waals surface area contributed by atoms with E-state index in [1.807, 2.05) is 88.4 Å². The van der Waals surface area contributed by atoms with Crippen LogP contribution in [0.5, 0.6) is 0 Å². The van der Waals surface area contributed by atoms with Gasteiger partial charge in [0, 0.05) is 31.5 Å². The van der Waals surface area contributed by atoms with Crippen LogP contribution in [-0.2, 0) is 45.2 Å². The summed E-state index contributed by atoms with van der Waals surface area (Å²) in [5.74, 6) is -2.08. The maximum atomic E-state index is 14.6. The lowest BCUT2D eigenvalue weighted by atomic mass is 9.78. The Morgan fingerprint density at radius 2 is 1.76 bits per heavy atom. The molecule has 5 aromatic rings. The van der Waals surface area contributed by atoms with Crippen LogP contribution in [0.4, 0.5) is 18.0 Å². The van der Waals surface area contributed by atoms with Crippen molar-refractivity contribution in [3.05, 3.63) is 123 Å². The molecule has 2 aliphatic heterocycles. The number of ether oxygens (including phenoxy) is 1. The van der Waals surface area contributed by atoms with Crippen molar-refractivity contribution in [3.8, 4) is 0 Å². The fourth-order valence-electron chi connectivity index (χ4n) is 8.00. The number of benzene rings is 4. The Labute approximate surface area is 317 Å². The van der Waals surface area contributed by atoms with Gasteiger partial charge in [-0.1, -0.05) is 79.7 Å². The van der Waals surface area contributed by atoms with Gasteiger partial charge in [-0.3, -0.25) is 4.79 Å². The molecule has 0 aliphatic carbocycles. The summed E-state index contributed by atoms with van der Waals surface area (Å²) >= 11 is 0. The number of hydrogen-bond donors (Lipinski definition) is 0. The van der Waals surface area contributed by atoms with Crippen molar-refractivity contribution in [3.63, 3.8) is 0 Å². The molecule has 2 aliphatic rings. The number of rotatable bonds is 8. The van der Waals surface area contributed by atoms with Crippen molar-refractivity contribution in [1.29, 1.82) is 0 Å². The highest BCUT2D eigenvalue weighted by atomic mass is 32.2. The van der Waals surface area contributed by atoms with Crippen LogP contribution in [0.25, 0.3) is 11.0 Å². The van der Waals surface area contributed by atoms with Crippen LogP contribution in [0.1, 0.15) is 77.2 Å². The summed E-state index contributed by atoms with van der Waals surface area (Å²) < 4.78 is 78.1. The van der Waals surface area contributed by atoms with E-state index in [2.05, 4.69) is 10.3 Å². The second-order valence-corrected chi connectivity index (χ2v) is 16.6. The predicted molar refractivity (Wildman–Crippen MR) is 199 cm³/mol. The van der Waals surface area contributed by atoms with Gasteiger partial charge in [0.2, 0.25) is 15.9 Å². The molecular weight excluding hydrogens is 732 g/mol. The summed E-state index contributed by atoms with van der Waals surface area (Å²) in [6, 6.07) is 21.0. The number of amides is 2. The third kappa shape index (κ3) is 7.01. The summed E-state index contributed by atoms with van der Waals surface area (Å²) in [5, 5.41) is 8.75. The lowest BCUT2D eigenvalue weighted by Crippen LogP contribution is -2.40. The highest BCUT2D eigenvalue weighted by molar-refractivity contribution is 7.89. The molecule has 0 radical (unpaired) electrons. The summed E-state index contributed by atoms with van der Waals surface area (Å²) in [5.41, 5.74) is 5.24. The molecule has 10 nitrogen and oxygen atoms in total. The van der Waals surface area contributed by atoms with E-state index in [9.17, 15) is 31.2 Å². The topological polar surface area (TPSA) is 115 Å². The van der Waals surface area contributed by atoms with E-state index >= 15 is 0 Å². The van der Waals surface area contributed by atoms with Crippen molar-refractivity contribution in [2.75, 3.05) is 13.2 Å². The Bertz CT molecular complexity index is 2400. The number of sulfonamides is 1. The van der Waals surface area contributed by atoms with Gasteiger partial charge in [0.05, 0.1) is 16.0 Å². The Morgan fingerprint density at radius 3 is 2.47 bits per heavy atom. The minimum absolute atomic E-state index is 0.0160. The minimum Gasteiger partial charge on any atom is -0.446 e. The van der Waals surface area contributed by atoms with E-state index < -0.39 is 51.6 Å². The molecule has 2 amide bonds. The third-order valence-electron chi connectivity index (χ3n) is 11.0. The number of halogens is 3. The first-order valence-corrected chi connectivity index (χ1v) is 19.7. The van der Waals surface area contributed by atoms with Crippen molar-refractivity contribution < 1.29 is 35.9 Å². The molecule has 0 spiro atoms. The number of hydrogen-bond acceptors (Lipinski definition) is 7. The minimum atomic E-state index is -4.71. The molecule has 0 N–H and O–H groups in total. The quantitative estimate of drug-likeness (QED) is 0.157. The molecule has 1 saturated heterocycles. The summed E-state index contributed by atoms with van der Waals surface area (Å²) in [6.07, 6.45) is -5.14. The molecule has 0 saturated carbocycles. The van der Waals surface area contributed by atoms with Crippen LogP contribution in [-0.4, -0.2) is 57.8 Å². The maximum Gasteiger partial charge on any atom is 0.417 e. The molecule has 2 unspecified atom stereocenters. The molecule has 55 heavy (non-hydrogen) atoms. The average molecular weight is 774 g/mol. The van der Waals surface area contributed by atoms with Crippen molar-refractivity contribution >= 4 is 33.1 Å². The molecule has 7 rings (SSSR count). The molecule has 288 valence electrons. The van der Waals surface area contributed by atoms with Crippen molar-refractivity contribution in [1.82, 2.24) is 24.2 Å². The van der Waals surface area contributed by atoms with Gasteiger partial charge in [0.25, 0.3) is 0 Å². The Morgan fingerprint density at radius 1 is 1.02 bits per heavy atom. The molecule has 1 fully saturated rings. The SMILES string of the molecule is CCn1nnc2c(C)c(C(c3ccc(C)c(CN4C[C@@H](C)Cc5ccc(C(F)(F)F)cc5S4(=O)=O)c3)C(C)C(=O)N3C(=O)OC[C@H]3c3ccccc3)ccc21. The van der Waals surface area contributed by atoms with Gasteiger partial charge in [-0.05, 0) is 90.3 Å². The first-order chi connectivity index (χ1) is 26.1. The van der Waals surface area contributed by atoms with Crippen LogP contribution >= 0.6 is 0 Å². The number of alkyl halides is 3. The smallest absolute Gasteiger partial charge is 0.417 e. The first-order valence-electron chi connectivity index (χ1n) is 18.3. The van der Waals surface area contributed by atoms with Crippen LogP contribution in [0, 0.1) is 25.7 Å². The molecule has 14 heteroatoms. The van der Waals surface area contributed by atoms with E-state index in [1.165, 1.54) is 15.3 Å². The van der Waals surface area contributed by atoms with Gasteiger partial charge in [-0.25, -0.2) is 22.8 Å². The molecule has 3 heterocycles. The number of imide groups is 1. The van der Waals surface area contributed by atoms with E-state index in [0.29, 0.717) is 35.2 Å². The van der Waals surface area contributed by atoms with Gasteiger partial charge in [-0.15, -0.1) is 5.10 Å². The summed E-state index contributed by atoms with van der Waals surface area (Å²) in [6.45, 7) is 9.98. The van der Waals surface area contributed by atoms with E-state index in [0.717, 1.165) is 39.9 Å². The van der Waals surface area contributed by atoms with Crippen LogP contribution in [0.15, 0.2) is 83.8 Å². The lowest BCUT2D eigenvalue weighted by molar-refractivity contribution is -0.137. The fourth-order valence-corrected chi connectivity index (χ4v) is 9.79. The Kier molecular flexibility index (Phi) is 10.1. The Hall–Kier alpha value is -5.08. The Balaban J connectivity index is 1.32. The molecule has 1 aromatic heterocycles. The van der Waals surface area contributed by atoms with Gasteiger partial charge >= 0.3 is 12.3 Å². The van der Waals surface area contributed by atoms with Gasteiger partial charge in [0.15, 0.2) is 0 Å². The highest BCUT2D eigenvalue weighted by Crippen LogP contribution is 2.41. The third-order valence-corrected chi connectivity index (χ3v) is 12.9. The number of carbonyl (C=O) groups excluding carboxylic acids is 2. The van der Waals surface area contributed by atoms with Gasteiger partial charge in [-0.2, -0.15) is 17.5 Å². The van der Waals surface area contributed by atoms with Crippen molar-refractivity contribution in [2.45, 2.75) is 77.2 Å². The normalized spacial score (nSPS) is 19.9. The zero-order valence-electron chi connectivity index (χ0n) is 31.2. The number of cyclic esters (lactones) is 1. The number of aryl methyl sites for hydroxylation is 3. The predicted octanol–water partition coefficient (Wildman–Crippen LogP) is 7.96. The highest BCUT2D eigenvalue weighted by Gasteiger charge is 2.43. The standard InChI is InChI=1S/C41H42F3N5O5S/c1-6-48-34-17-16-33(26(4)38(34)45-46-48)37(27(5)39(50)49-35(23-54-40(49)51)28-10-8-7-9-11-28)30-13-12-25(3)31(19-30)22-47-21-24(2)18-29-14-15-32(41(42,43)44)20-36(29)55(47,52)53/h7-17,19-20,24,27,35,37H,6,18,21-23H2,1-5H3/t24-,27?,35-,37?/m0/s1. The van der Waals surface area contributed by atoms with Crippen LogP contribution in [0.2, 0.25) is 0 Å². The first kappa shape index (κ1) is 38.2. The molecule has 4 aromatic carbocycles. The zero-order chi connectivity index (χ0) is 39.4. The zero-order valence-corrected chi connectivity index (χ0v) is 32.0. The number of nitrogens with zero attached hydrogens (tertiary/aromatic N) is 5. The average Bonchev–Trinajstić information content (AvgIpc) is 3.74. The second kappa shape index (κ2) is 14.5. The monoisotopic (exact) mass is 773 g/mol. The number of aromatic nitrogens is 3. The fraction of sp³-hybridized carbons (Fsp3) is 0.366. The second-order valence-electron chi connectivity index (χ2n) is 14.6. The van der Waals surface area contributed by atoms with E-state index in [-0.39, 0.29) is 30.5 Å². The van der Waals surface area contributed by atoms with Crippen LogP contribution < -0.4 is 0 Å². The lowest BCUT2D eigenvalue weighted by Gasteiger charge is -2.30. The molecule has 4 atom stereocenters. The number of carbonyl (C=O) groups is 2. The molecular formula is C41H42F3N5O5S. The summed E-state index contributed by atoms with van der Waals surface area (Å²) in [7, 11) is -4.34. The maximum absolute atomic E-state index is 14.6. The largest absolute Gasteiger partial charge is 0.446 e. The van der Waals surface area contributed by atoms with Crippen molar-refractivity contribution in [2.24, 2.45) is 11.8 Å². The van der Waals surface area contributed by atoms with E-state index in [1.54, 1.807) is 11.6 Å². The van der Waals surface area contributed by atoms with Gasteiger partial charge < -0.3 is 4.74 Å². The van der Waals surface area contributed by atoms with Gasteiger partial charge in [0.1, 0.15) is 18.2 Å². The number of fused-ring (bicyclic) bond motifs is 2. The van der Waals surface area contributed by atoms with Crippen LogP contribution in [0.3, 0.4) is 0 Å². The van der Waals surface area contributed by atoms with E-state index in [4.69, 9.17) is 4.74 Å². The molecule has 0 bridgehead atoms.